The van der Waals surface area contributed by atoms with Gasteiger partial charge in [-0.25, -0.2) is 0 Å². The largest absolute Gasteiger partial charge is 0.497 e. The number of carbonyl (C=O) groups is 2. The van der Waals surface area contributed by atoms with E-state index >= 15 is 0 Å². The molecule has 1 unspecified atom stereocenters. The van der Waals surface area contributed by atoms with E-state index < -0.39 is 5.41 Å². The van der Waals surface area contributed by atoms with Crippen molar-refractivity contribution in [3.63, 3.8) is 0 Å². The molecule has 0 aromatic heterocycles. The first kappa shape index (κ1) is 20.9. The molecule has 1 aliphatic rings. The van der Waals surface area contributed by atoms with E-state index in [-0.39, 0.29) is 23.8 Å². The second-order valence-corrected chi connectivity index (χ2v) is 8.16. The summed E-state index contributed by atoms with van der Waals surface area (Å²) >= 11 is 0. The standard InChI is InChI=1S/C23H28N2O4/c1-15-12-17(8-11-19(15)25-20(26)13-28-4)24-21(27)23(14-22(23,2)3)16-6-9-18(29-5)10-7-16/h6-12H,13-14H2,1-5H3,(H,24,27)(H,25,26). The van der Waals surface area contributed by atoms with E-state index in [1.807, 2.05) is 37.3 Å². The predicted molar refractivity (Wildman–Crippen MR) is 113 cm³/mol. The summed E-state index contributed by atoms with van der Waals surface area (Å²) in [6.45, 7) is 6.10. The Morgan fingerprint density at radius 2 is 1.69 bits per heavy atom. The summed E-state index contributed by atoms with van der Waals surface area (Å²) in [5.74, 6) is 0.526. The molecular formula is C23H28N2O4. The molecule has 2 amide bonds. The molecule has 3 rings (SSSR count). The van der Waals surface area contributed by atoms with Crippen LogP contribution in [0, 0.1) is 12.3 Å². The van der Waals surface area contributed by atoms with Crippen LogP contribution in [-0.2, 0) is 19.7 Å². The van der Waals surface area contributed by atoms with Gasteiger partial charge in [0.05, 0.1) is 12.5 Å². The van der Waals surface area contributed by atoms with Gasteiger partial charge in [-0.3, -0.25) is 9.59 Å². The highest BCUT2D eigenvalue weighted by molar-refractivity contribution is 6.03. The maximum Gasteiger partial charge on any atom is 0.250 e. The van der Waals surface area contributed by atoms with E-state index in [1.54, 1.807) is 19.2 Å². The Morgan fingerprint density at radius 1 is 1.03 bits per heavy atom. The number of amides is 2. The summed E-state index contributed by atoms with van der Waals surface area (Å²) in [4.78, 5) is 25.0. The average Bonchev–Trinajstić information content (AvgIpc) is 3.28. The minimum Gasteiger partial charge on any atom is -0.497 e. The summed E-state index contributed by atoms with van der Waals surface area (Å²) in [6.07, 6.45) is 0.780. The number of rotatable bonds is 7. The highest BCUT2D eigenvalue weighted by Gasteiger charge is 2.67. The fraction of sp³-hybridized carbons (Fsp3) is 0.391. The molecule has 1 atom stereocenters. The zero-order valence-corrected chi connectivity index (χ0v) is 17.6. The highest BCUT2D eigenvalue weighted by atomic mass is 16.5. The molecule has 2 N–H and O–H groups in total. The number of benzene rings is 2. The van der Waals surface area contributed by atoms with Crippen molar-refractivity contribution < 1.29 is 19.1 Å². The number of hydrogen-bond donors (Lipinski definition) is 2. The zero-order chi connectivity index (χ0) is 21.2. The van der Waals surface area contributed by atoms with Gasteiger partial charge < -0.3 is 20.1 Å². The number of methoxy groups -OCH3 is 2. The summed E-state index contributed by atoms with van der Waals surface area (Å²) in [7, 11) is 3.10. The summed E-state index contributed by atoms with van der Waals surface area (Å²) in [6, 6.07) is 13.2. The van der Waals surface area contributed by atoms with E-state index in [0.29, 0.717) is 11.4 Å². The molecule has 154 valence electrons. The van der Waals surface area contributed by atoms with Crippen LogP contribution >= 0.6 is 0 Å². The molecule has 0 saturated heterocycles. The van der Waals surface area contributed by atoms with Crippen LogP contribution in [0.1, 0.15) is 31.4 Å². The van der Waals surface area contributed by atoms with Crippen molar-refractivity contribution in [2.75, 3.05) is 31.5 Å². The molecule has 0 radical (unpaired) electrons. The van der Waals surface area contributed by atoms with E-state index in [9.17, 15) is 9.59 Å². The first-order valence-electron chi connectivity index (χ1n) is 9.59. The van der Waals surface area contributed by atoms with E-state index in [2.05, 4.69) is 24.5 Å². The molecule has 0 aliphatic heterocycles. The molecule has 1 saturated carbocycles. The van der Waals surface area contributed by atoms with Gasteiger partial charge in [-0.1, -0.05) is 26.0 Å². The van der Waals surface area contributed by atoms with Crippen LogP contribution in [0.2, 0.25) is 0 Å². The van der Waals surface area contributed by atoms with Gasteiger partial charge >= 0.3 is 0 Å². The van der Waals surface area contributed by atoms with Gasteiger partial charge in [0.2, 0.25) is 11.8 Å². The zero-order valence-electron chi connectivity index (χ0n) is 17.6. The molecule has 2 aromatic rings. The predicted octanol–water partition coefficient (Wildman–Crippen LogP) is 3.89. The van der Waals surface area contributed by atoms with Crippen LogP contribution in [0.25, 0.3) is 0 Å². The van der Waals surface area contributed by atoms with Crippen molar-refractivity contribution in [1.82, 2.24) is 0 Å². The number of carbonyl (C=O) groups excluding carboxylic acids is 2. The lowest BCUT2D eigenvalue weighted by atomic mass is 9.87. The maximum atomic E-state index is 13.3. The topological polar surface area (TPSA) is 76.7 Å². The molecule has 1 aliphatic carbocycles. The summed E-state index contributed by atoms with van der Waals surface area (Å²) in [5.41, 5.74) is 2.55. The lowest BCUT2D eigenvalue weighted by Crippen LogP contribution is -2.32. The lowest BCUT2D eigenvalue weighted by Gasteiger charge is -2.21. The SMILES string of the molecule is COCC(=O)Nc1ccc(NC(=O)C2(c3ccc(OC)cc3)CC2(C)C)cc1C. The summed E-state index contributed by atoms with van der Waals surface area (Å²) in [5, 5.41) is 5.86. The third-order valence-electron chi connectivity index (χ3n) is 5.74. The Morgan fingerprint density at radius 3 is 2.21 bits per heavy atom. The first-order chi connectivity index (χ1) is 13.7. The molecule has 0 spiro atoms. The second-order valence-electron chi connectivity index (χ2n) is 8.16. The Balaban J connectivity index is 1.79. The van der Waals surface area contributed by atoms with Crippen molar-refractivity contribution in [2.45, 2.75) is 32.6 Å². The van der Waals surface area contributed by atoms with E-state index in [4.69, 9.17) is 9.47 Å². The number of nitrogens with one attached hydrogen (secondary N) is 2. The van der Waals surface area contributed by atoms with Gasteiger partial charge in [0.1, 0.15) is 12.4 Å². The van der Waals surface area contributed by atoms with Crippen LogP contribution < -0.4 is 15.4 Å². The molecule has 6 heteroatoms. The fourth-order valence-electron chi connectivity index (χ4n) is 3.94. The minimum atomic E-state index is -0.571. The van der Waals surface area contributed by atoms with E-state index in [0.717, 1.165) is 23.3 Å². The smallest absolute Gasteiger partial charge is 0.250 e. The van der Waals surface area contributed by atoms with Gasteiger partial charge in [-0.2, -0.15) is 0 Å². The molecule has 2 aromatic carbocycles. The van der Waals surface area contributed by atoms with Crippen LogP contribution in [0.3, 0.4) is 0 Å². The highest BCUT2D eigenvalue weighted by Crippen LogP contribution is 2.64. The minimum absolute atomic E-state index is 0.00259. The van der Waals surface area contributed by atoms with Crippen molar-refractivity contribution in [2.24, 2.45) is 5.41 Å². The van der Waals surface area contributed by atoms with Gasteiger partial charge in [-0.05, 0) is 60.2 Å². The Bertz CT molecular complexity index is 921. The number of hydrogen-bond acceptors (Lipinski definition) is 4. The van der Waals surface area contributed by atoms with Crippen molar-refractivity contribution >= 4 is 23.2 Å². The Hall–Kier alpha value is -2.86. The third kappa shape index (κ3) is 3.98. The number of anilines is 2. The normalized spacial score (nSPS) is 19.3. The first-order valence-corrected chi connectivity index (χ1v) is 9.59. The van der Waals surface area contributed by atoms with Gasteiger partial charge in [0.15, 0.2) is 0 Å². The molecule has 0 heterocycles. The quantitative estimate of drug-likeness (QED) is 0.744. The molecule has 1 fully saturated rings. The van der Waals surface area contributed by atoms with Crippen LogP contribution in [0.15, 0.2) is 42.5 Å². The van der Waals surface area contributed by atoms with Crippen LogP contribution in [0.4, 0.5) is 11.4 Å². The molecule has 0 bridgehead atoms. The molecule has 6 nitrogen and oxygen atoms in total. The lowest BCUT2D eigenvalue weighted by molar-refractivity contribution is -0.120. The fourth-order valence-corrected chi connectivity index (χ4v) is 3.94. The molecular weight excluding hydrogens is 368 g/mol. The average molecular weight is 396 g/mol. The Labute approximate surface area is 171 Å². The van der Waals surface area contributed by atoms with Gasteiger partial charge in [0.25, 0.3) is 0 Å². The third-order valence-corrected chi connectivity index (χ3v) is 5.74. The Kier molecular flexibility index (Phi) is 5.66. The van der Waals surface area contributed by atoms with Gasteiger partial charge in [0, 0.05) is 18.5 Å². The van der Waals surface area contributed by atoms with Crippen molar-refractivity contribution in [3.05, 3.63) is 53.6 Å². The number of ether oxygens (including phenoxy) is 2. The maximum absolute atomic E-state index is 13.3. The van der Waals surface area contributed by atoms with E-state index in [1.165, 1.54) is 7.11 Å². The van der Waals surface area contributed by atoms with Crippen LogP contribution in [0.5, 0.6) is 5.75 Å². The second kappa shape index (κ2) is 7.87. The molecule has 29 heavy (non-hydrogen) atoms. The van der Waals surface area contributed by atoms with Crippen molar-refractivity contribution in [3.8, 4) is 5.75 Å². The van der Waals surface area contributed by atoms with Gasteiger partial charge in [-0.15, -0.1) is 0 Å². The van der Waals surface area contributed by atoms with Crippen molar-refractivity contribution in [1.29, 1.82) is 0 Å². The monoisotopic (exact) mass is 396 g/mol. The number of aryl methyl sites for hydroxylation is 1. The summed E-state index contributed by atoms with van der Waals surface area (Å²) < 4.78 is 10.1. The van der Waals surface area contributed by atoms with Crippen LogP contribution in [-0.4, -0.2) is 32.6 Å².